The zero-order valence-corrected chi connectivity index (χ0v) is 13.5. The molecule has 0 bridgehead atoms. The molecule has 2 aromatic heterocycles. The summed E-state index contributed by atoms with van der Waals surface area (Å²) in [4.78, 5) is 13.3. The van der Waals surface area contributed by atoms with Gasteiger partial charge in [0.15, 0.2) is 23.0 Å². The molecule has 1 aliphatic heterocycles. The summed E-state index contributed by atoms with van der Waals surface area (Å²) in [6, 6.07) is 10.8. The van der Waals surface area contributed by atoms with E-state index in [2.05, 4.69) is 10.5 Å². The molecule has 1 aliphatic rings. The minimum absolute atomic E-state index is 0.227. The zero-order chi connectivity index (χ0) is 16.4. The van der Waals surface area contributed by atoms with Crippen molar-refractivity contribution in [3.8, 4) is 22.1 Å². The highest BCUT2D eigenvalue weighted by Gasteiger charge is 2.16. The molecule has 122 valence electrons. The molecular weight excluding hydrogens is 328 g/mol. The molecular formula is C17H14N2O4S. The molecule has 0 radical (unpaired) electrons. The summed E-state index contributed by atoms with van der Waals surface area (Å²) < 4.78 is 16.4. The number of thiophene rings is 1. The Morgan fingerprint density at radius 1 is 1.12 bits per heavy atom. The molecule has 3 aromatic rings. The minimum atomic E-state index is -0.337. The van der Waals surface area contributed by atoms with Crippen molar-refractivity contribution in [3.05, 3.63) is 47.5 Å². The van der Waals surface area contributed by atoms with Crippen molar-refractivity contribution in [2.75, 3.05) is 18.5 Å². The lowest BCUT2D eigenvalue weighted by Crippen LogP contribution is -2.12. The van der Waals surface area contributed by atoms with E-state index in [-0.39, 0.29) is 11.6 Å². The van der Waals surface area contributed by atoms with Crippen LogP contribution in [-0.4, -0.2) is 24.3 Å². The van der Waals surface area contributed by atoms with Crippen LogP contribution in [0.15, 0.2) is 46.3 Å². The topological polar surface area (TPSA) is 73.6 Å². The molecule has 4 rings (SSSR count). The lowest BCUT2D eigenvalue weighted by molar-refractivity contribution is 0.101. The molecule has 3 heterocycles. The molecule has 1 amide bonds. The predicted molar refractivity (Wildman–Crippen MR) is 89.8 cm³/mol. The predicted octanol–water partition coefficient (Wildman–Crippen LogP) is 3.82. The first-order chi connectivity index (χ1) is 11.8. The van der Waals surface area contributed by atoms with E-state index in [1.165, 1.54) is 11.3 Å². The van der Waals surface area contributed by atoms with Crippen LogP contribution in [-0.2, 0) is 0 Å². The van der Waals surface area contributed by atoms with Gasteiger partial charge >= 0.3 is 0 Å². The van der Waals surface area contributed by atoms with Crippen molar-refractivity contribution in [1.82, 2.24) is 5.16 Å². The molecule has 1 N–H and O–H groups in total. The quantitative estimate of drug-likeness (QED) is 0.783. The molecule has 0 unspecified atom stereocenters. The molecule has 0 fully saturated rings. The van der Waals surface area contributed by atoms with Crippen LogP contribution in [0.2, 0.25) is 0 Å². The molecule has 1 aromatic carbocycles. The molecule has 0 atom stereocenters. The first-order valence-corrected chi connectivity index (χ1v) is 8.39. The van der Waals surface area contributed by atoms with Crippen molar-refractivity contribution < 1.29 is 18.8 Å². The van der Waals surface area contributed by atoms with Crippen LogP contribution in [0.5, 0.6) is 11.5 Å². The number of fused-ring (bicyclic) bond motifs is 1. The van der Waals surface area contributed by atoms with Gasteiger partial charge in [-0.3, -0.25) is 4.79 Å². The lowest BCUT2D eigenvalue weighted by Gasteiger charge is -2.09. The van der Waals surface area contributed by atoms with Crippen LogP contribution in [0.3, 0.4) is 0 Å². The van der Waals surface area contributed by atoms with Gasteiger partial charge in [-0.2, -0.15) is 0 Å². The van der Waals surface area contributed by atoms with Gasteiger partial charge in [0.1, 0.15) is 0 Å². The maximum atomic E-state index is 12.3. The fourth-order valence-corrected chi connectivity index (χ4v) is 3.03. The fraction of sp³-hybridized carbons (Fsp3) is 0.176. The number of hydrogen-bond acceptors (Lipinski definition) is 6. The van der Waals surface area contributed by atoms with Crippen LogP contribution in [0.25, 0.3) is 10.6 Å². The van der Waals surface area contributed by atoms with Gasteiger partial charge in [-0.05, 0) is 23.6 Å². The number of benzene rings is 1. The Morgan fingerprint density at radius 2 is 2.00 bits per heavy atom. The summed E-state index contributed by atoms with van der Waals surface area (Å²) in [5.74, 6) is 1.56. The first-order valence-electron chi connectivity index (χ1n) is 7.51. The van der Waals surface area contributed by atoms with Crippen molar-refractivity contribution in [2.45, 2.75) is 6.42 Å². The Kier molecular flexibility index (Phi) is 3.92. The maximum absolute atomic E-state index is 12.3. The molecule has 6 nitrogen and oxygen atoms in total. The highest BCUT2D eigenvalue weighted by Crippen LogP contribution is 2.32. The summed E-state index contributed by atoms with van der Waals surface area (Å²) in [5.41, 5.74) is 0.843. The third kappa shape index (κ3) is 2.98. The van der Waals surface area contributed by atoms with Crippen LogP contribution in [0.1, 0.15) is 16.9 Å². The zero-order valence-electron chi connectivity index (χ0n) is 12.7. The highest BCUT2D eigenvalue weighted by atomic mass is 32.1. The average Bonchev–Trinajstić information content (AvgIpc) is 3.22. The third-order valence-corrected chi connectivity index (χ3v) is 4.40. The van der Waals surface area contributed by atoms with E-state index in [9.17, 15) is 4.79 Å². The minimum Gasteiger partial charge on any atom is -0.490 e. The number of anilines is 1. The summed E-state index contributed by atoms with van der Waals surface area (Å²) in [6.45, 7) is 1.22. The van der Waals surface area contributed by atoms with E-state index in [4.69, 9.17) is 14.0 Å². The Morgan fingerprint density at radius 3 is 2.83 bits per heavy atom. The normalized spacial score (nSPS) is 13.3. The molecule has 24 heavy (non-hydrogen) atoms. The third-order valence-electron chi connectivity index (χ3n) is 3.51. The number of carbonyl (C=O) groups excluding carboxylic acids is 1. The second-order valence-corrected chi connectivity index (χ2v) is 6.17. The smallest absolute Gasteiger partial charge is 0.277 e. The number of rotatable bonds is 3. The van der Waals surface area contributed by atoms with E-state index in [1.807, 2.05) is 17.5 Å². The van der Waals surface area contributed by atoms with Crippen molar-refractivity contribution in [3.63, 3.8) is 0 Å². The van der Waals surface area contributed by atoms with E-state index >= 15 is 0 Å². The Bertz CT molecular complexity index is 857. The van der Waals surface area contributed by atoms with Crippen LogP contribution in [0, 0.1) is 0 Å². The van der Waals surface area contributed by atoms with E-state index < -0.39 is 0 Å². The summed E-state index contributed by atoms with van der Waals surface area (Å²) in [5, 5.41) is 8.57. The van der Waals surface area contributed by atoms with Gasteiger partial charge in [-0.25, -0.2) is 0 Å². The summed E-state index contributed by atoms with van der Waals surface area (Å²) >= 11 is 1.53. The first kappa shape index (κ1) is 14.8. The SMILES string of the molecule is O=C(Nc1ccc2c(c1)OCCCO2)c1cc(-c2cccs2)on1. The van der Waals surface area contributed by atoms with E-state index in [0.29, 0.717) is 36.2 Å². The average molecular weight is 342 g/mol. The number of ether oxygens (including phenoxy) is 2. The van der Waals surface area contributed by atoms with Gasteiger partial charge < -0.3 is 19.3 Å². The van der Waals surface area contributed by atoms with Gasteiger partial charge in [-0.15, -0.1) is 11.3 Å². The van der Waals surface area contributed by atoms with Crippen LogP contribution in [0.4, 0.5) is 5.69 Å². The second kappa shape index (κ2) is 6.37. The molecule has 0 spiro atoms. The number of carbonyl (C=O) groups is 1. The number of amides is 1. The van der Waals surface area contributed by atoms with Gasteiger partial charge in [0.25, 0.3) is 5.91 Å². The summed E-state index contributed by atoms with van der Waals surface area (Å²) in [7, 11) is 0. The molecule has 0 aliphatic carbocycles. The monoisotopic (exact) mass is 342 g/mol. The Balaban J connectivity index is 1.51. The standard InChI is InChI=1S/C17H14N2O4S/c20-17(12-10-15(23-19-12)16-3-1-8-24-16)18-11-4-5-13-14(9-11)22-7-2-6-21-13/h1,3-5,8-10H,2,6-7H2,(H,18,20). The largest absolute Gasteiger partial charge is 0.490 e. The van der Waals surface area contributed by atoms with Crippen molar-refractivity contribution in [1.29, 1.82) is 0 Å². The number of nitrogens with one attached hydrogen (secondary N) is 1. The summed E-state index contributed by atoms with van der Waals surface area (Å²) in [6.07, 6.45) is 0.834. The van der Waals surface area contributed by atoms with Crippen LogP contribution < -0.4 is 14.8 Å². The van der Waals surface area contributed by atoms with E-state index in [1.54, 1.807) is 24.3 Å². The number of nitrogens with zero attached hydrogens (tertiary/aromatic N) is 1. The van der Waals surface area contributed by atoms with Gasteiger partial charge in [0.05, 0.1) is 18.1 Å². The van der Waals surface area contributed by atoms with Crippen LogP contribution >= 0.6 is 11.3 Å². The van der Waals surface area contributed by atoms with E-state index in [0.717, 1.165) is 11.3 Å². The molecule has 7 heteroatoms. The van der Waals surface area contributed by atoms with Gasteiger partial charge in [-0.1, -0.05) is 11.2 Å². The molecule has 0 saturated carbocycles. The van der Waals surface area contributed by atoms with Gasteiger partial charge in [0.2, 0.25) is 0 Å². The van der Waals surface area contributed by atoms with Crippen molar-refractivity contribution in [2.24, 2.45) is 0 Å². The second-order valence-electron chi connectivity index (χ2n) is 5.22. The Labute approximate surface area is 142 Å². The lowest BCUT2D eigenvalue weighted by atomic mass is 10.2. The Hall–Kier alpha value is -2.80. The number of aromatic nitrogens is 1. The molecule has 0 saturated heterocycles. The highest BCUT2D eigenvalue weighted by molar-refractivity contribution is 7.13. The van der Waals surface area contributed by atoms with Crippen molar-refractivity contribution >= 4 is 22.9 Å². The fourth-order valence-electron chi connectivity index (χ4n) is 2.35. The maximum Gasteiger partial charge on any atom is 0.277 e. The number of hydrogen-bond donors (Lipinski definition) is 1. The van der Waals surface area contributed by atoms with Gasteiger partial charge in [0, 0.05) is 24.2 Å².